The SMILES string of the molecule is CCN(C(=O)C1NC(=O)OC1c1ccccc1)c1ccccc1. The average molecular weight is 310 g/mol. The van der Waals surface area contributed by atoms with E-state index in [0.717, 1.165) is 11.3 Å². The van der Waals surface area contributed by atoms with Crippen LogP contribution >= 0.6 is 0 Å². The number of anilines is 1. The summed E-state index contributed by atoms with van der Waals surface area (Å²) in [6, 6.07) is 18.0. The van der Waals surface area contributed by atoms with E-state index >= 15 is 0 Å². The number of likely N-dealkylation sites (N-methyl/N-ethyl adjacent to an activating group) is 1. The van der Waals surface area contributed by atoms with Crippen LogP contribution in [0.15, 0.2) is 60.7 Å². The molecular formula is C18H18N2O3. The molecule has 118 valence electrons. The number of para-hydroxylation sites is 1. The fourth-order valence-corrected chi connectivity index (χ4v) is 2.76. The van der Waals surface area contributed by atoms with Crippen LogP contribution in [0.4, 0.5) is 10.5 Å². The van der Waals surface area contributed by atoms with E-state index < -0.39 is 18.2 Å². The van der Waals surface area contributed by atoms with Crippen LogP contribution in [0.3, 0.4) is 0 Å². The molecule has 1 N–H and O–H groups in total. The highest BCUT2D eigenvalue weighted by Gasteiger charge is 2.42. The topological polar surface area (TPSA) is 58.6 Å². The molecular weight excluding hydrogens is 292 g/mol. The number of rotatable bonds is 4. The summed E-state index contributed by atoms with van der Waals surface area (Å²) in [4.78, 5) is 26.3. The van der Waals surface area contributed by atoms with E-state index in [0.29, 0.717) is 6.54 Å². The maximum absolute atomic E-state index is 12.9. The second-order valence-electron chi connectivity index (χ2n) is 5.28. The molecule has 0 radical (unpaired) electrons. The number of cyclic esters (lactones) is 1. The van der Waals surface area contributed by atoms with Crippen molar-refractivity contribution >= 4 is 17.7 Å². The highest BCUT2D eigenvalue weighted by atomic mass is 16.6. The molecule has 1 aliphatic rings. The molecule has 2 amide bonds. The lowest BCUT2D eigenvalue weighted by molar-refractivity contribution is -0.121. The van der Waals surface area contributed by atoms with Crippen molar-refractivity contribution in [3.63, 3.8) is 0 Å². The number of nitrogens with one attached hydrogen (secondary N) is 1. The van der Waals surface area contributed by atoms with Gasteiger partial charge in [0.15, 0.2) is 12.1 Å². The molecule has 2 aromatic rings. The number of carbonyl (C=O) groups is 2. The summed E-state index contributed by atoms with van der Waals surface area (Å²) in [7, 11) is 0. The summed E-state index contributed by atoms with van der Waals surface area (Å²) in [5.74, 6) is -0.182. The summed E-state index contributed by atoms with van der Waals surface area (Å²) in [6.45, 7) is 2.41. The Morgan fingerprint density at radius 3 is 2.30 bits per heavy atom. The molecule has 0 spiro atoms. The molecule has 5 heteroatoms. The minimum Gasteiger partial charge on any atom is -0.439 e. The largest absolute Gasteiger partial charge is 0.439 e. The number of hydrogen-bond acceptors (Lipinski definition) is 3. The van der Waals surface area contributed by atoms with Gasteiger partial charge in [-0.05, 0) is 24.6 Å². The minimum absolute atomic E-state index is 0.182. The van der Waals surface area contributed by atoms with Gasteiger partial charge < -0.3 is 15.0 Å². The Balaban J connectivity index is 1.89. The van der Waals surface area contributed by atoms with Crippen LogP contribution in [0, 0.1) is 0 Å². The van der Waals surface area contributed by atoms with Crippen LogP contribution in [0.1, 0.15) is 18.6 Å². The van der Waals surface area contributed by atoms with Gasteiger partial charge in [-0.15, -0.1) is 0 Å². The van der Waals surface area contributed by atoms with Gasteiger partial charge in [0, 0.05) is 12.2 Å². The van der Waals surface area contributed by atoms with Gasteiger partial charge >= 0.3 is 6.09 Å². The van der Waals surface area contributed by atoms with Gasteiger partial charge in [0.2, 0.25) is 0 Å². The van der Waals surface area contributed by atoms with E-state index in [2.05, 4.69) is 5.32 Å². The number of amides is 2. The zero-order chi connectivity index (χ0) is 16.2. The van der Waals surface area contributed by atoms with Crippen molar-refractivity contribution in [2.24, 2.45) is 0 Å². The van der Waals surface area contributed by atoms with Crippen LogP contribution in [-0.2, 0) is 9.53 Å². The zero-order valence-electron chi connectivity index (χ0n) is 12.8. The number of alkyl carbamates (subject to hydrolysis) is 1. The molecule has 1 aliphatic heterocycles. The van der Waals surface area contributed by atoms with E-state index in [4.69, 9.17) is 4.74 Å². The lowest BCUT2D eigenvalue weighted by Gasteiger charge is -2.26. The van der Waals surface area contributed by atoms with Gasteiger partial charge in [-0.25, -0.2) is 4.79 Å². The summed E-state index contributed by atoms with van der Waals surface area (Å²) in [5, 5.41) is 2.63. The van der Waals surface area contributed by atoms with Crippen molar-refractivity contribution < 1.29 is 14.3 Å². The van der Waals surface area contributed by atoms with Crippen LogP contribution in [0.25, 0.3) is 0 Å². The molecule has 2 atom stereocenters. The van der Waals surface area contributed by atoms with Crippen molar-refractivity contribution in [3.8, 4) is 0 Å². The van der Waals surface area contributed by atoms with Crippen LogP contribution in [0.2, 0.25) is 0 Å². The second kappa shape index (κ2) is 6.52. The number of ether oxygens (including phenoxy) is 1. The van der Waals surface area contributed by atoms with Gasteiger partial charge in [0.05, 0.1) is 0 Å². The molecule has 0 saturated carbocycles. The highest BCUT2D eigenvalue weighted by molar-refractivity contribution is 6.00. The fraction of sp³-hybridized carbons (Fsp3) is 0.222. The van der Waals surface area contributed by atoms with Crippen LogP contribution in [0.5, 0.6) is 0 Å². The molecule has 3 rings (SSSR count). The third kappa shape index (κ3) is 3.04. The van der Waals surface area contributed by atoms with E-state index in [9.17, 15) is 9.59 Å². The summed E-state index contributed by atoms with van der Waals surface area (Å²) in [6.07, 6.45) is -1.18. The van der Waals surface area contributed by atoms with E-state index in [1.165, 1.54) is 0 Å². The Labute approximate surface area is 134 Å². The molecule has 0 aromatic heterocycles. The Hall–Kier alpha value is -2.82. The quantitative estimate of drug-likeness (QED) is 0.944. The first-order chi connectivity index (χ1) is 11.2. The monoisotopic (exact) mass is 310 g/mol. The molecule has 2 unspecified atom stereocenters. The standard InChI is InChI=1S/C18H18N2O3/c1-2-20(14-11-7-4-8-12-14)17(21)15-16(23-18(22)19-15)13-9-5-3-6-10-13/h3-12,15-16H,2H2,1H3,(H,19,22). The number of nitrogens with zero attached hydrogens (tertiary/aromatic N) is 1. The maximum atomic E-state index is 12.9. The van der Waals surface area contributed by atoms with Gasteiger partial charge in [-0.2, -0.15) is 0 Å². The molecule has 0 aliphatic carbocycles. The van der Waals surface area contributed by atoms with E-state index in [-0.39, 0.29) is 5.91 Å². The molecule has 1 heterocycles. The van der Waals surface area contributed by atoms with Gasteiger partial charge in [0.25, 0.3) is 5.91 Å². The van der Waals surface area contributed by atoms with Gasteiger partial charge in [-0.3, -0.25) is 4.79 Å². The third-order valence-electron chi connectivity index (χ3n) is 3.85. The van der Waals surface area contributed by atoms with Crippen molar-refractivity contribution in [1.82, 2.24) is 5.32 Å². The summed E-state index contributed by atoms with van der Waals surface area (Å²) >= 11 is 0. The predicted octanol–water partition coefficient (Wildman–Crippen LogP) is 2.89. The smallest absolute Gasteiger partial charge is 0.408 e. The Kier molecular flexibility index (Phi) is 4.28. The first-order valence-corrected chi connectivity index (χ1v) is 7.59. The lowest BCUT2D eigenvalue weighted by Crippen LogP contribution is -2.46. The fourth-order valence-electron chi connectivity index (χ4n) is 2.76. The van der Waals surface area contributed by atoms with E-state index in [1.807, 2.05) is 67.6 Å². The lowest BCUT2D eigenvalue weighted by atomic mass is 10.0. The minimum atomic E-state index is -0.731. The second-order valence-corrected chi connectivity index (χ2v) is 5.28. The Morgan fingerprint density at radius 2 is 1.70 bits per heavy atom. The predicted molar refractivity (Wildman–Crippen MR) is 87.1 cm³/mol. The van der Waals surface area contributed by atoms with E-state index in [1.54, 1.807) is 4.90 Å². The zero-order valence-corrected chi connectivity index (χ0v) is 12.8. The summed E-state index contributed by atoms with van der Waals surface area (Å²) in [5.41, 5.74) is 1.60. The number of hydrogen-bond donors (Lipinski definition) is 1. The van der Waals surface area contributed by atoms with Crippen molar-refractivity contribution in [3.05, 3.63) is 66.2 Å². The number of benzene rings is 2. The Bertz CT molecular complexity index is 688. The highest BCUT2D eigenvalue weighted by Crippen LogP contribution is 2.28. The maximum Gasteiger partial charge on any atom is 0.408 e. The first kappa shape index (κ1) is 15.1. The summed E-state index contributed by atoms with van der Waals surface area (Å²) < 4.78 is 5.31. The molecule has 2 aromatic carbocycles. The van der Waals surface area contributed by atoms with Crippen LogP contribution < -0.4 is 10.2 Å². The molecule has 1 fully saturated rings. The Morgan fingerprint density at radius 1 is 1.09 bits per heavy atom. The average Bonchev–Trinajstić information content (AvgIpc) is 2.99. The molecule has 1 saturated heterocycles. The van der Waals surface area contributed by atoms with Crippen molar-refractivity contribution in [1.29, 1.82) is 0 Å². The van der Waals surface area contributed by atoms with Crippen molar-refractivity contribution in [2.45, 2.75) is 19.1 Å². The molecule has 23 heavy (non-hydrogen) atoms. The normalized spacial score (nSPS) is 19.8. The number of carbonyl (C=O) groups excluding carboxylic acids is 2. The van der Waals surface area contributed by atoms with Crippen LogP contribution in [-0.4, -0.2) is 24.6 Å². The third-order valence-corrected chi connectivity index (χ3v) is 3.85. The molecule has 5 nitrogen and oxygen atoms in total. The van der Waals surface area contributed by atoms with Gasteiger partial charge in [0.1, 0.15) is 0 Å². The molecule has 0 bridgehead atoms. The van der Waals surface area contributed by atoms with Crippen molar-refractivity contribution in [2.75, 3.05) is 11.4 Å². The first-order valence-electron chi connectivity index (χ1n) is 7.59. The van der Waals surface area contributed by atoms with Gasteiger partial charge in [-0.1, -0.05) is 48.5 Å².